The fourth-order valence-electron chi connectivity index (χ4n) is 1.94. The molecule has 0 saturated carbocycles. The zero-order valence-corrected chi connectivity index (χ0v) is 8.96. The Kier molecular flexibility index (Phi) is 2.50. The molecule has 0 aliphatic carbocycles. The average molecular weight is 212 g/mol. The molecular weight excluding hydrogens is 198 g/mol. The first-order chi connectivity index (χ1) is 6.68. The monoisotopic (exact) mass is 211 g/mol. The zero-order chi connectivity index (χ0) is 10.1. The first kappa shape index (κ1) is 9.59. The molecule has 1 aromatic rings. The van der Waals surface area contributed by atoms with Gasteiger partial charge in [0.2, 0.25) is 0 Å². The van der Waals surface area contributed by atoms with Crippen LogP contribution in [-0.4, -0.2) is 17.6 Å². The number of pyridine rings is 1. The van der Waals surface area contributed by atoms with Crippen LogP contribution in [0.5, 0.6) is 0 Å². The van der Waals surface area contributed by atoms with Crippen LogP contribution < -0.4 is 10.6 Å². The topological polar surface area (TPSA) is 42.2 Å². The molecule has 2 heterocycles. The summed E-state index contributed by atoms with van der Waals surface area (Å²) in [5, 5.41) is 0.595. The second-order valence-electron chi connectivity index (χ2n) is 3.75. The van der Waals surface area contributed by atoms with E-state index in [9.17, 15) is 0 Å². The van der Waals surface area contributed by atoms with Crippen molar-refractivity contribution < 1.29 is 0 Å². The molecule has 2 N–H and O–H groups in total. The lowest BCUT2D eigenvalue weighted by atomic mass is 10.2. The van der Waals surface area contributed by atoms with Gasteiger partial charge in [0, 0.05) is 18.8 Å². The Balaban J connectivity index is 2.31. The molecule has 3 nitrogen and oxygen atoms in total. The second kappa shape index (κ2) is 3.65. The van der Waals surface area contributed by atoms with Crippen LogP contribution in [-0.2, 0) is 0 Å². The summed E-state index contributed by atoms with van der Waals surface area (Å²) < 4.78 is 0. The molecule has 1 aliphatic heterocycles. The van der Waals surface area contributed by atoms with Gasteiger partial charge in [-0.25, -0.2) is 4.98 Å². The predicted molar refractivity (Wildman–Crippen MR) is 59.7 cm³/mol. The summed E-state index contributed by atoms with van der Waals surface area (Å²) in [6.45, 7) is 3.24. The highest BCUT2D eigenvalue weighted by Gasteiger charge is 2.23. The predicted octanol–water partition coefficient (Wildman–Crippen LogP) is 2.31. The third kappa shape index (κ3) is 1.64. The van der Waals surface area contributed by atoms with Crippen molar-refractivity contribution in [2.24, 2.45) is 0 Å². The van der Waals surface area contributed by atoms with E-state index in [-0.39, 0.29) is 0 Å². The molecule has 0 aromatic carbocycles. The van der Waals surface area contributed by atoms with Crippen molar-refractivity contribution >= 4 is 23.1 Å². The number of aromatic nitrogens is 1. The maximum Gasteiger partial charge on any atom is 0.152 e. The second-order valence-corrected chi connectivity index (χ2v) is 4.19. The van der Waals surface area contributed by atoms with E-state index in [1.807, 2.05) is 0 Å². The fourth-order valence-corrected chi connectivity index (χ4v) is 2.10. The van der Waals surface area contributed by atoms with Gasteiger partial charge in [-0.15, -0.1) is 0 Å². The summed E-state index contributed by atoms with van der Waals surface area (Å²) in [4.78, 5) is 6.52. The lowest BCUT2D eigenvalue weighted by Gasteiger charge is -2.23. The minimum atomic E-state index is 0.533. The molecule has 76 valence electrons. The number of nitrogens with zero attached hydrogens (tertiary/aromatic N) is 2. The number of halogens is 1. The Morgan fingerprint density at radius 1 is 1.64 bits per heavy atom. The van der Waals surface area contributed by atoms with Gasteiger partial charge in [0.05, 0.1) is 10.7 Å². The maximum atomic E-state index is 5.87. The van der Waals surface area contributed by atoms with Crippen LogP contribution in [0.25, 0.3) is 0 Å². The molecule has 1 atom stereocenters. The molecule has 0 bridgehead atoms. The minimum absolute atomic E-state index is 0.533. The SMILES string of the molecule is CC1CCCN1c1ncc(Cl)cc1N. The Labute approximate surface area is 88.9 Å². The highest BCUT2D eigenvalue weighted by Crippen LogP contribution is 2.29. The smallest absolute Gasteiger partial charge is 0.152 e. The number of nitrogen functional groups attached to an aromatic ring is 1. The molecular formula is C10H14ClN3. The highest BCUT2D eigenvalue weighted by atomic mass is 35.5. The van der Waals surface area contributed by atoms with Gasteiger partial charge in [0.15, 0.2) is 5.82 Å². The molecule has 4 heteroatoms. The summed E-state index contributed by atoms with van der Waals surface area (Å²) in [5.74, 6) is 0.874. The summed E-state index contributed by atoms with van der Waals surface area (Å²) in [6, 6.07) is 2.29. The van der Waals surface area contributed by atoms with Gasteiger partial charge in [-0.1, -0.05) is 11.6 Å². The average Bonchev–Trinajstić information content (AvgIpc) is 2.52. The van der Waals surface area contributed by atoms with Crippen molar-refractivity contribution in [3.63, 3.8) is 0 Å². The van der Waals surface area contributed by atoms with Gasteiger partial charge >= 0.3 is 0 Å². The number of hydrogen-bond donors (Lipinski definition) is 1. The van der Waals surface area contributed by atoms with Gasteiger partial charge in [-0.3, -0.25) is 0 Å². The van der Waals surface area contributed by atoms with Crippen molar-refractivity contribution in [2.45, 2.75) is 25.8 Å². The molecule has 1 fully saturated rings. The quantitative estimate of drug-likeness (QED) is 0.775. The largest absolute Gasteiger partial charge is 0.396 e. The summed E-state index contributed by atoms with van der Waals surface area (Å²) in [5.41, 5.74) is 6.55. The van der Waals surface area contributed by atoms with E-state index < -0.39 is 0 Å². The standard InChI is InChI=1S/C10H14ClN3/c1-7-3-2-4-14(7)10-9(12)5-8(11)6-13-10/h5-7H,2-4,12H2,1H3. The Hall–Kier alpha value is -0.960. The van der Waals surface area contributed by atoms with E-state index in [4.69, 9.17) is 17.3 Å². The number of nitrogens with two attached hydrogens (primary N) is 1. The van der Waals surface area contributed by atoms with Crippen molar-refractivity contribution in [1.29, 1.82) is 0 Å². The van der Waals surface area contributed by atoms with E-state index in [2.05, 4.69) is 16.8 Å². The van der Waals surface area contributed by atoms with E-state index in [1.54, 1.807) is 12.3 Å². The van der Waals surface area contributed by atoms with Gasteiger partial charge in [-0.05, 0) is 25.8 Å². The van der Waals surface area contributed by atoms with Gasteiger partial charge in [0.25, 0.3) is 0 Å². The van der Waals surface area contributed by atoms with Gasteiger partial charge in [0.1, 0.15) is 0 Å². The van der Waals surface area contributed by atoms with Crippen LogP contribution in [0.3, 0.4) is 0 Å². The van der Waals surface area contributed by atoms with E-state index in [0.29, 0.717) is 16.8 Å². The number of rotatable bonds is 1. The van der Waals surface area contributed by atoms with Crippen LogP contribution in [0, 0.1) is 0 Å². The number of anilines is 2. The molecule has 2 rings (SSSR count). The molecule has 0 radical (unpaired) electrons. The summed E-state index contributed by atoms with van der Waals surface area (Å²) >= 11 is 5.80. The van der Waals surface area contributed by atoms with E-state index in [1.165, 1.54) is 12.8 Å². The molecule has 14 heavy (non-hydrogen) atoms. The third-order valence-electron chi connectivity index (χ3n) is 2.69. The third-order valence-corrected chi connectivity index (χ3v) is 2.89. The summed E-state index contributed by atoms with van der Waals surface area (Å²) in [7, 11) is 0. The maximum absolute atomic E-state index is 5.87. The molecule has 0 spiro atoms. The van der Waals surface area contributed by atoms with Crippen molar-refractivity contribution in [1.82, 2.24) is 4.98 Å². The fraction of sp³-hybridized carbons (Fsp3) is 0.500. The lowest BCUT2D eigenvalue weighted by Crippen LogP contribution is -2.27. The van der Waals surface area contributed by atoms with Crippen molar-refractivity contribution in [3.05, 3.63) is 17.3 Å². The van der Waals surface area contributed by atoms with Gasteiger partial charge in [-0.2, -0.15) is 0 Å². The summed E-state index contributed by atoms with van der Waals surface area (Å²) in [6.07, 6.45) is 4.08. The van der Waals surface area contributed by atoms with Crippen LogP contribution in [0.2, 0.25) is 5.02 Å². The van der Waals surface area contributed by atoms with E-state index >= 15 is 0 Å². The van der Waals surface area contributed by atoms with Crippen molar-refractivity contribution in [3.8, 4) is 0 Å². The Bertz CT molecular complexity index is 340. The molecule has 1 aromatic heterocycles. The number of hydrogen-bond acceptors (Lipinski definition) is 3. The van der Waals surface area contributed by atoms with Crippen LogP contribution in [0.4, 0.5) is 11.5 Å². The van der Waals surface area contributed by atoms with Crippen LogP contribution >= 0.6 is 11.6 Å². The van der Waals surface area contributed by atoms with Gasteiger partial charge < -0.3 is 10.6 Å². The van der Waals surface area contributed by atoms with Crippen LogP contribution in [0.1, 0.15) is 19.8 Å². The minimum Gasteiger partial charge on any atom is -0.396 e. The normalized spacial score (nSPS) is 21.6. The Morgan fingerprint density at radius 3 is 3.00 bits per heavy atom. The molecule has 1 unspecified atom stereocenters. The lowest BCUT2D eigenvalue weighted by molar-refractivity contribution is 0.728. The first-order valence-corrected chi connectivity index (χ1v) is 5.24. The van der Waals surface area contributed by atoms with Crippen molar-refractivity contribution in [2.75, 3.05) is 17.2 Å². The van der Waals surface area contributed by atoms with Crippen LogP contribution in [0.15, 0.2) is 12.3 Å². The Morgan fingerprint density at radius 2 is 2.43 bits per heavy atom. The van der Waals surface area contributed by atoms with E-state index in [0.717, 1.165) is 12.4 Å². The molecule has 1 aliphatic rings. The zero-order valence-electron chi connectivity index (χ0n) is 8.20. The molecule has 0 amide bonds. The molecule has 1 saturated heterocycles. The first-order valence-electron chi connectivity index (χ1n) is 4.86. The highest BCUT2D eigenvalue weighted by molar-refractivity contribution is 6.30.